The second-order valence-corrected chi connectivity index (χ2v) is 3.68. The third-order valence-corrected chi connectivity index (χ3v) is 2.45. The number of hydrogen-bond acceptors (Lipinski definition) is 1. The van der Waals surface area contributed by atoms with Gasteiger partial charge in [0.1, 0.15) is 0 Å². The fourth-order valence-electron chi connectivity index (χ4n) is 1.33. The molecule has 13 heavy (non-hydrogen) atoms. The van der Waals surface area contributed by atoms with Crippen LogP contribution in [-0.4, -0.2) is 18.0 Å². The Hall–Kier alpha value is -0.460. The van der Waals surface area contributed by atoms with Gasteiger partial charge in [0.15, 0.2) is 0 Å². The molecule has 1 unspecified atom stereocenters. The largest absolute Gasteiger partial charge is 0.378 e. The molecule has 0 spiro atoms. The fourth-order valence-corrected chi connectivity index (χ4v) is 1.33. The van der Waals surface area contributed by atoms with Crippen molar-refractivity contribution in [1.82, 2.24) is 4.90 Å². The zero-order valence-corrected chi connectivity index (χ0v) is 9.71. The summed E-state index contributed by atoms with van der Waals surface area (Å²) in [5.74, 6) is 0.737. The molecule has 0 amide bonds. The van der Waals surface area contributed by atoms with E-state index >= 15 is 0 Å². The summed E-state index contributed by atoms with van der Waals surface area (Å²) in [6.07, 6.45) is 8.57. The second kappa shape index (κ2) is 8.15. The van der Waals surface area contributed by atoms with Crippen LogP contribution in [0.5, 0.6) is 0 Å². The maximum Gasteiger partial charge on any atom is 0.0143 e. The minimum absolute atomic E-state index is 0.737. The van der Waals surface area contributed by atoms with Crippen molar-refractivity contribution < 1.29 is 0 Å². The smallest absolute Gasteiger partial charge is 0.0143 e. The maximum atomic E-state index is 2.34. The topological polar surface area (TPSA) is 3.24 Å². The maximum absolute atomic E-state index is 2.34. The highest BCUT2D eigenvalue weighted by Crippen LogP contribution is 2.09. The van der Waals surface area contributed by atoms with Crippen LogP contribution in [0.4, 0.5) is 0 Å². The van der Waals surface area contributed by atoms with Crippen LogP contribution in [0.1, 0.15) is 47.0 Å². The first-order valence-corrected chi connectivity index (χ1v) is 5.66. The van der Waals surface area contributed by atoms with Crippen LogP contribution in [0.2, 0.25) is 0 Å². The van der Waals surface area contributed by atoms with Gasteiger partial charge < -0.3 is 4.90 Å². The number of rotatable bonds is 7. The zero-order valence-electron chi connectivity index (χ0n) is 9.71. The van der Waals surface area contributed by atoms with Crippen molar-refractivity contribution in [3.05, 3.63) is 12.3 Å². The summed E-state index contributed by atoms with van der Waals surface area (Å²) >= 11 is 0. The number of unbranched alkanes of at least 4 members (excludes halogenated alkanes) is 1. The summed E-state index contributed by atoms with van der Waals surface area (Å²) in [7, 11) is 0. The molecule has 0 N–H and O–H groups in total. The van der Waals surface area contributed by atoms with Gasteiger partial charge in [0, 0.05) is 13.1 Å². The van der Waals surface area contributed by atoms with Gasteiger partial charge in [-0.25, -0.2) is 0 Å². The first-order valence-electron chi connectivity index (χ1n) is 5.66. The average molecular weight is 183 g/mol. The standard InChI is InChI=1S/C12H25N/c1-5-8-9-12(4)10-11-13(6-2)7-3/h10-12H,5-9H2,1-4H3. The SMILES string of the molecule is CCCCC(C)C=CN(CC)CC. The van der Waals surface area contributed by atoms with Crippen molar-refractivity contribution in [1.29, 1.82) is 0 Å². The Morgan fingerprint density at radius 3 is 2.23 bits per heavy atom. The number of allylic oxidation sites excluding steroid dienone is 1. The van der Waals surface area contributed by atoms with Gasteiger partial charge in [0.25, 0.3) is 0 Å². The van der Waals surface area contributed by atoms with Gasteiger partial charge in [-0.05, 0) is 32.4 Å². The minimum Gasteiger partial charge on any atom is -0.378 e. The summed E-state index contributed by atoms with van der Waals surface area (Å²) in [4.78, 5) is 2.34. The summed E-state index contributed by atoms with van der Waals surface area (Å²) in [6, 6.07) is 0. The highest BCUT2D eigenvalue weighted by atomic mass is 15.1. The van der Waals surface area contributed by atoms with E-state index in [2.05, 4.69) is 44.9 Å². The fraction of sp³-hybridized carbons (Fsp3) is 0.833. The summed E-state index contributed by atoms with van der Waals surface area (Å²) in [5, 5.41) is 0. The van der Waals surface area contributed by atoms with Gasteiger partial charge in [0.2, 0.25) is 0 Å². The predicted molar refractivity (Wildman–Crippen MR) is 60.8 cm³/mol. The van der Waals surface area contributed by atoms with Crippen LogP contribution >= 0.6 is 0 Å². The molecule has 0 aliphatic heterocycles. The molecule has 0 aliphatic rings. The molecule has 1 atom stereocenters. The first kappa shape index (κ1) is 12.5. The van der Waals surface area contributed by atoms with Gasteiger partial charge in [0.05, 0.1) is 0 Å². The zero-order chi connectivity index (χ0) is 10.1. The molecule has 0 bridgehead atoms. The summed E-state index contributed by atoms with van der Waals surface area (Å²) < 4.78 is 0. The van der Waals surface area contributed by atoms with Gasteiger partial charge in [-0.1, -0.05) is 32.8 Å². The van der Waals surface area contributed by atoms with E-state index in [1.807, 2.05) is 0 Å². The van der Waals surface area contributed by atoms with Crippen LogP contribution in [0.15, 0.2) is 12.3 Å². The third kappa shape index (κ3) is 6.68. The molecule has 0 aliphatic carbocycles. The Bertz CT molecular complexity index is 125. The molecule has 0 aromatic rings. The molecule has 0 saturated heterocycles. The Kier molecular flexibility index (Phi) is 7.86. The highest BCUT2D eigenvalue weighted by Gasteiger charge is 1.96. The Morgan fingerprint density at radius 2 is 1.77 bits per heavy atom. The molecule has 0 saturated carbocycles. The lowest BCUT2D eigenvalue weighted by Crippen LogP contribution is -2.15. The quantitative estimate of drug-likeness (QED) is 0.582. The van der Waals surface area contributed by atoms with Crippen LogP contribution < -0.4 is 0 Å². The second-order valence-electron chi connectivity index (χ2n) is 3.68. The normalized spacial score (nSPS) is 13.5. The number of nitrogens with zero attached hydrogens (tertiary/aromatic N) is 1. The van der Waals surface area contributed by atoms with Gasteiger partial charge in [-0.15, -0.1) is 0 Å². The van der Waals surface area contributed by atoms with E-state index in [1.54, 1.807) is 0 Å². The highest BCUT2D eigenvalue weighted by molar-refractivity contribution is 4.85. The van der Waals surface area contributed by atoms with E-state index in [4.69, 9.17) is 0 Å². The lowest BCUT2D eigenvalue weighted by atomic mass is 10.0. The van der Waals surface area contributed by atoms with Crippen LogP contribution in [0, 0.1) is 5.92 Å². The predicted octanol–water partition coefficient (Wildman–Crippen LogP) is 3.67. The van der Waals surface area contributed by atoms with E-state index in [0.29, 0.717) is 0 Å². The van der Waals surface area contributed by atoms with E-state index in [0.717, 1.165) is 19.0 Å². The van der Waals surface area contributed by atoms with Crippen molar-refractivity contribution in [2.45, 2.75) is 47.0 Å². The molecule has 1 nitrogen and oxygen atoms in total. The Morgan fingerprint density at radius 1 is 1.15 bits per heavy atom. The third-order valence-electron chi connectivity index (χ3n) is 2.45. The van der Waals surface area contributed by atoms with E-state index in [1.165, 1.54) is 19.3 Å². The monoisotopic (exact) mass is 183 g/mol. The van der Waals surface area contributed by atoms with Crippen LogP contribution in [0.25, 0.3) is 0 Å². The van der Waals surface area contributed by atoms with Gasteiger partial charge in [-0.3, -0.25) is 0 Å². The molecule has 0 heterocycles. The van der Waals surface area contributed by atoms with Crippen molar-refractivity contribution in [2.75, 3.05) is 13.1 Å². The van der Waals surface area contributed by atoms with E-state index < -0.39 is 0 Å². The minimum atomic E-state index is 0.737. The lowest BCUT2D eigenvalue weighted by molar-refractivity contribution is 0.413. The van der Waals surface area contributed by atoms with Crippen LogP contribution in [-0.2, 0) is 0 Å². The Balaban J connectivity index is 3.67. The molecular formula is C12H25N. The molecule has 0 fully saturated rings. The van der Waals surface area contributed by atoms with Crippen molar-refractivity contribution in [3.63, 3.8) is 0 Å². The molecule has 0 aromatic heterocycles. The van der Waals surface area contributed by atoms with Crippen molar-refractivity contribution in [3.8, 4) is 0 Å². The molecule has 78 valence electrons. The number of hydrogen-bond donors (Lipinski definition) is 0. The molecule has 0 aromatic carbocycles. The van der Waals surface area contributed by atoms with E-state index in [-0.39, 0.29) is 0 Å². The summed E-state index contributed by atoms with van der Waals surface area (Å²) in [6.45, 7) is 11.2. The van der Waals surface area contributed by atoms with Gasteiger partial charge >= 0.3 is 0 Å². The van der Waals surface area contributed by atoms with Gasteiger partial charge in [-0.2, -0.15) is 0 Å². The first-order chi connectivity index (χ1) is 6.24. The molecule has 1 heteroatoms. The molecular weight excluding hydrogens is 158 g/mol. The molecule has 0 rings (SSSR count). The van der Waals surface area contributed by atoms with E-state index in [9.17, 15) is 0 Å². The lowest BCUT2D eigenvalue weighted by Gasteiger charge is -2.15. The van der Waals surface area contributed by atoms with Crippen molar-refractivity contribution >= 4 is 0 Å². The summed E-state index contributed by atoms with van der Waals surface area (Å²) in [5.41, 5.74) is 0. The van der Waals surface area contributed by atoms with Crippen LogP contribution in [0.3, 0.4) is 0 Å². The molecule has 0 radical (unpaired) electrons. The Labute approximate surface area is 83.8 Å². The average Bonchev–Trinajstić information content (AvgIpc) is 2.16. The van der Waals surface area contributed by atoms with Crippen molar-refractivity contribution in [2.24, 2.45) is 5.92 Å².